The molecule has 0 bridgehead atoms. The van der Waals surface area contributed by atoms with Crippen molar-refractivity contribution in [3.63, 3.8) is 0 Å². The van der Waals surface area contributed by atoms with E-state index < -0.39 is 6.10 Å². The lowest BCUT2D eigenvalue weighted by atomic mass is 9.99. The van der Waals surface area contributed by atoms with Crippen LogP contribution in [0.5, 0.6) is 11.5 Å². The Morgan fingerprint density at radius 2 is 2.00 bits per heavy atom. The van der Waals surface area contributed by atoms with Gasteiger partial charge in [-0.1, -0.05) is 13.3 Å². The van der Waals surface area contributed by atoms with Gasteiger partial charge in [-0.05, 0) is 36.6 Å². The van der Waals surface area contributed by atoms with Crippen molar-refractivity contribution >= 4 is 0 Å². The standard InChI is InChI=1S/C12H16O3/c1-3-4-10(13)9-6-12-11(5-8(9)2)14-7-15-12/h5-6,10,13H,3-4,7H2,1-2H3. The molecule has 1 unspecified atom stereocenters. The second kappa shape index (κ2) is 4.11. The Hall–Kier alpha value is -1.22. The fourth-order valence-corrected chi connectivity index (χ4v) is 1.85. The third-order valence-corrected chi connectivity index (χ3v) is 2.68. The number of hydrogen-bond acceptors (Lipinski definition) is 3. The number of aliphatic hydroxyl groups is 1. The molecular weight excluding hydrogens is 192 g/mol. The third kappa shape index (κ3) is 1.92. The lowest BCUT2D eigenvalue weighted by Gasteiger charge is -2.13. The molecule has 0 aliphatic carbocycles. The van der Waals surface area contributed by atoms with E-state index in [1.807, 2.05) is 19.1 Å². The normalized spacial score (nSPS) is 15.4. The Kier molecular flexibility index (Phi) is 2.82. The number of hydrogen-bond donors (Lipinski definition) is 1. The Bertz CT molecular complexity index is 360. The second-order valence-corrected chi connectivity index (χ2v) is 3.87. The molecule has 1 heterocycles. The maximum Gasteiger partial charge on any atom is 0.231 e. The Morgan fingerprint density at radius 1 is 1.33 bits per heavy atom. The van der Waals surface area contributed by atoms with Crippen molar-refractivity contribution in [2.24, 2.45) is 0 Å². The van der Waals surface area contributed by atoms with Gasteiger partial charge in [-0.3, -0.25) is 0 Å². The van der Waals surface area contributed by atoms with Crippen molar-refractivity contribution in [2.45, 2.75) is 32.8 Å². The first-order valence-corrected chi connectivity index (χ1v) is 5.30. The number of aliphatic hydroxyl groups excluding tert-OH is 1. The van der Waals surface area contributed by atoms with Gasteiger partial charge in [0.2, 0.25) is 6.79 Å². The van der Waals surface area contributed by atoms with Crippen LogP contribution in [0, 0.1) is 6.92 Å². The van der Waals surface area contributed by atoms with Crippen LogP contribution in [0.3, 0.4) is 0 Å². The molecule has 0 spiro atoms. The predicted molar refractivity (Wildman–Crippen MR) is 57.2 cm³/mol. The summed E-state index contributed by atoms with van der Waals surface area (Å²) in [6, 6.07) is 3.81. The highest BCUT2D eigenvalue weighted by Gasteiger charge is 2.18. The zero-order valence-corrected chi connectivity index (χ0v) is 9.12. The summed E-state index contributed by atoms with van der Waals surface area (Å²) >= 11 is 0. The van der Waals surface area contributed by atoms with Crippen molar-refractivity contribution in [1.82, 2.24) is 0 Å². The van der Waals surface area contributed by atoms with E-state index in [0.717, 1.165) is 35.5 Å². The molecular formula is C12H16O3. The lowest BCUT2D eigenvalue weighted by Crippen LogP contribution is -1.99. The highest BCUT2D eigenvalue weighted by molar-refractivity contribution is 5.48. The fourth-order valence-electron chi connectivity index (χ4n) is 1.85. The van der Waals surface area contributed by atoms with E-state index in [-0.39, 0.29) is 6.79 Å². The zero-order valence-electron chi connectivity index (χ0n) is 9.12. The van der Waals surface area contributed by atoms with Crippen LogP contribution in [0.1, 0.15) is 37.0 Å². The molecule has 0 saturated heterocycles. The van der Waals surface area contributed by atoms with Gasteiger partial charge in [0.1, 0.15) is 0 Å². The first kappa shape index (κ1) is 10.3. The van der Waals surface area contributed by atoms with Crippen LogP contribution >= 0.6 is 0 Å². The van der Waals surface area contributed by atoms with Crippen LogP contribution in [-0.2, 0) is 0 Å². The van der Waals surface area contributed by atoms with Gasteiger partial charge in [0.15, 0.2) is 11.5 Å². The maximum absolute atomic E-state index is 9.94. The van der Waals surface area contributed by atoms with E-state index in [4.69, 9.17) is 9.47 Å². The molecule has 1 aliphatic rings. The first-order valence-electron chi connectivity index (χ1n) is 5.30. The minimum atomic E-state index is -0.399. The number of fused-ring (bicyclic) bond motifs is 1. The Morgan fingerprint density at radius 3 is 2.67 bits per heavy atom. The van der Waals surface area contributed by atoms with Crippen molar-refractivity contribution in [1.29, 1.82) is 0 Å². The monoisotopic (exact) mass is 208 g/mol. The predicted octanol–water partition coefficient (Wildman–Crippen LogP) is 2.56. The van der Waals surface area contributed by atoms with E-state index in [1.54, 1.807) is 0 Å². The summed E-state index contributed by atoms with van der Waals surface area (Å²) in [6.07, 6.45) is 1.35. The Balaban J connectivity index is 2.31. The summed E-state index contributed by atoms with van der Waals surface area (Å²) in [5, 5.41) is 9.94. The minimum Gasteiger partial charge on any atom is -0.454 e. The highest BCUT2D eigenvalue weighted by Crippen LogP contribution is 2.37. The number of ether oxygens (including phenoxy) is 2. The van der Waals surface area contributed by atoms with E-state index in [9.17, 15) is 5.11 Å². The SMILES string of the molecule is CCCC(O)c1cc2c(cc1C)OCO2. The van der Waals surface area contributed by atoms with Gasteiger partial charge in [0.25, 0.3) is 0 Å². The van der Waals surface area contributed by atoms with Crippen LogP contribution in [0.4, 0.5) is 0 Å². The van der Waals surface area contributed by atoms with Crippen LogP contribution < -0.4 is 9.47 Å². The molecule has 0 fully saturated rings. The lowest BCUT2D eigenvalue weighted by molar-refractivity contribution is 0.164. The molecule has 1 aromatic carbocycles. The van der Waals surface area contributed by atoms with Crippen molar-refractivity contribution in [3.8, 4) is 11.5 Å². The van der Waals surface area contributed by atoms with Crippen LogP contribution in [0.25, 0.3) is 0 Å². The van der Waals surface area contributed by atoms with Gasteiger partial charge in [0, 0.05) is 0 Å². The van der Waals surface area contributed by atoms with Gasteiger partial charge in [0.05, 0.1) is 6.10 Å². The Labute approximate surface area is 89.6 Å². The first-order chi connectivity index (χ1) is 7.22. The summed E-state index contributed by atoms with van der Waals surface area (Å²) in [5.74, 6) is 1.52. The van der Waals surface area contributed by atoms with E-state index in [1.165, 1.54) is 0 Å². The molecule has 3 heteroatoms. The van der Waals surface area contributed by atoms with Crippen molar-refractivity contribution < 1.29 is 14.6 Å². The quantitative estimate of drug-likeness (QED) is 0.829. The molecule has 1 atom stereocenters. The molecule has 82 valence electrons. The minimum absolute atomic E-state index is 0.280. The van der Waals surface area contributed by atoms with Crippen LogP contribution in [0.15, 0.2) is 12.1 Å². The topological polar surface area (TPSA) is 38.7 Å². The highest BCUT2D eigenvalue weighted by atomic mass is 16.7. The molecule has 0 radical (unpaired) electrons. The fraction of sp³-hybridized carbons (Fsp3) is 0.500. The van der Waals surface area contributed by atoms with Gasteiger partial charge >= 0.3 is 0 Å². The molecule has 1 N–H and O–H groups in total. The molecule has 1 aliphatic heterocycles. The van der Waals surface area contributed by atoms with E-state index in [2.05, 4.69) is 6.92 Å². The molecule has 2 rings (SSSR count). The summed E-state index contributed by atoms with van der Waals surface area (Å²) in [5.41, 5.74) is 2.00. The van der Waals surface area contributed by atoms with E-state index >= 15 is 0 Å². The zero-order chi connectivity index (χ0) is 10.8. The molecule has 0 aromatic heterocycles. The average Bonchev–Trinajstić information content (AvgIpc) is 2.63. The summed E-state index contributed by atoms with van der Waals surface area (Å²) in [4.78, 5) is 0. The van der Waals surface area contributed by atoms with Crippen LogP contribution in [0.2, 0.25) is 0 Å². The smallest absolute Gasteiger partial charge is 0.231 e. The molecule has 1 aromatic rings. The second-order valence-electron chi connectivity index (χ2n) is 3.87. The van der Waals surface area contributed by atoms with Gasteiger partial charge in [-0.25, -0.2) is 0 Å². The molecule has 0 saturated carbocycles. The van der Waals surface area contributed by atoms with Gasteiger partial charge < -0.3 is 14.6 Å². The molecule has 15 heavy (non-hydrogen) atoms. The van der Waals surface area contributed by atoms with Gasteiger partial charge in [-0.15, -0.1) is 0 Å². The molecule has 0 amide bonds. The number of aryl methyl sites for hydroxylation is 1. The van der Waals surface area contributed by atoms with Gasteiger partial charge in [-0.2, -0.15) is 0 Å². The third-order valence-electron chi connectivity index (χ3n) is 2.68. The largest absolute Gasteiger partial charge is 0.454 e. The molecule has 3 nitrogen and oxygen atoms in total. The van der Waals surface area contributed by atoms with Crippen molar-refractivity contribution in [2.75, 3.05) is 6.79 Å². The summed E-state index contributed by atoms with van der Waals surface area (Å²) in [6.45, 7) is 4.32. The van der Waals surface area contributed by atoms with E-state index in [0.29, 0.717) is 0 Å². The van der Waals surface area contributed by atoms with Crippen LogP contribution in [-0.4, -0.2) is 11.9 Å². The summed E-state index contributed by atoms with van der Waals surface area (Å²) < 4.78 is 10.6. The number of benzene rings is 1. The summed E-state index contributed by atoms with van der Waals surface area (Å²) in [7, 11) is 0. The maximum atomic E-state index is 9.94. The average molecular weight is 208 g/mol. The van der Waals surface area contributed by atoms with Crippen molar-refractivity contribution in [3.05, 3.63) is 23.3 Å². The number of rotatable bonds is 3.